The molecule has 116 valence electrons. The SMILES string of the molecule is C#C.CC1CC(C)(C)c2ccc(O)cc21.Oc1ccccc1. The summed E-state index contributed by atoms with van der Waals surface area (Å²) in [5.41, 5.74) is 3.01. The van der Waals surface area contributed by atoms with Crippen molar-refractivity contribution in [3.8, 4) is 24.3 Å². The van der Waals surface area contributed by atoms with Crippen molar-refractivity contribution in [1.29, 1.82) is 0 Å². The quantitative estimate of drug-likeness (QED) is 0.684. The summed E-state index contributed by atoms with van der Waals surface area (Å²) in [5, 5.41) is 18.0. The van der Waals surface area contributed by atoms with E-state index in [1.165, 1.54) is 17.5 Å². The summed E-state index contributed by atoms with van der Waals surface area (Å²) in [6.07, 6.45) is 9.19. The molecule has 22 heavy (non-hydrogen) atoms. The lowest BCUT2D eigenvalue weighted by Gasteiger charge is -2.18. The molecule has 1 unspecified atom stereocenters. The topological polar surface area (TPSA) is 40.5 Å². The van der Waals surface area contributed by atoms with Gasteiger partial charge in [0.1, 0.15) is 11.5 Å². The molecule has 0 saturated heterocycles. The molecular formula is C20H24O2. The minimum atomic E-state index is 0.280. The van der Waals surface area contributed by atoms with Crippen LogP contribution >= 0.6 is 0 Å². The van der Waals surface area contributed by atoms with Gasteiger partial charge in [-0.25, -0.2) is 0 Å². The van der Waals surface area contributed by atoms with Crippen LogP contribution in [0.5, 0.6) is 11.5 Å². The first-order valence-electron chi connectivity index (χ1n) is 7.31. The number of benzene rings is 2. The number of hydrogen-bond donors (Lipinski definition) is 2. The van der Waals surface area contributed by atoms with E-state index in [-0.39, 0.29) is 5.41 Å². The highest BCUT2D eigenvalue weighted by molar-refractivity contribution is 5.45. The zero-order chi connectivity index (χ0) is 16.8. The summed E-state index contributed by atoms with van der Waals surface area (Å²) in [6, 6.07) is 14.5. The molecule has 0 aliphatic heterocycles. The molecule has 0 saturated carbocycles. The molecule has 0 fully saturated rings. The van der Waals surface area contributed by atoms with E-state index >= 15 is 0 Å². The fourth-order valence-electron chi connectivity index (χ4n) is 2.99. The van der Waals surface area contributed by atoms with Gasteiger partial charge in [0.25, 0.3) is 0 Å². The molecule has 0 spiro atoms. The Balaban J connectivity index is 0.000000228. The van der Waals surface area contributed by atoms with Crippen LogP contribution in [0.2, 0.25) is 0 Å². The molecule has 0 amide bonds. The van der Waals surface area contributed by atoms with Crippen LogP contribution < -0.4 is 0 Å². The second kappa shape index (κ2) is 7.56. The second-order valence-corrected chi connectivity index (χ2v) is 6.10. The van der Waals surface area contributed by atoms with Gasteiger partial charge in [0, 0.05) is 0 Å². The summed E-state index contributed by atoms with van der Waals surface area (Å²) >= 11 is 0. The normalized spacial score (nSPS) is 17.2. The van der Waals surface area contributed by atoms with Gasteiger partial charge in [0.05, 0.1) is 0 Å². The Kier molecular flexibility index (Phi) is 6.07. The summed E-state index contributed by atoms with van der Waals surface area (Å²) < 4.78 is 0. The fourth-order valence-corrected chi connectivity index (χ4v) is 2.99. The van der Waals surface area contributed by atoms with E-state index in [2.05, 4.69) is 39.7 Å². The first kappa shape index (κ1) is 17.7. The molecule has 0 radical (unpaired) electrons. The molecule has 0 aromatic heterocycles. The number of hydrogen-bond acceptors (Lipinski definition) is 2. The first-order valence-corrected chi connectivity index (χ1v) is 7.31. The Hall–Kier alpha value is -2.40. The zero-order valence-corrected chi connectivity index (χ0v) is 13.5. The highest BCUT2D eigenvalue weighted by atomic mass is 16.3. The number of fused-ring (bicyclic) bond motifs is 1. The number of terminal acetylenes is 1. The van der Waals surface area contributed by atoms with Crippen molar-refractivity contribution >= 4 is 0 Å². The van der Waals surface area contributed by atoms with E-state index in [0.717, 1.165) is 0 Å². The van der Waals surface area contributed by atoms with Gasteiger partial charge in [0.15, 0.2) is 0 Å². The number of aromatic hydroxyl groups is 2. The van der Waals surface area contributed by atoms with Crippen LogP contribution in [0, 0.1) is 12.8 Å². The lowest BCUT2D eigenvalue weighted by Crippen LogP contribution is -2.11. The van der Waals surface area contributed by atoms with Crippen molar-refractivity contribution in [3.63, 3.8) is 0 Å². The van der Waals surface area contributed by atoms with Crippen molar-refractivity contribution in [3.05, 3.63) is 59.7 Å². The number of para-hydroxylation sites is 1. The van der Waals surface area contributed by atoms with E-state index in [1.54, 1.807) is 30.3 Å². The maximum absolute atomic E-state index is 9.38. The van der Waals surface area contributed by atoms with Gasteiger partial charge in [-0.3, -0.25) is 0 Å². The Morgan fingerprint density at radius 2 is 1.55 bits per heavy atom. The van der Waals surface area contributed by atoms with Crippen molar-refractivity contribution < 1.29 is 10.2 Å². The van der Waals surface area contributed by atoms with E-state index in [0.29, 0.717) is 17.4 Å². The highest BCUT2D eigenvalue weighted by Gasteiger charge is 2.34. The number of phenols is 2. The molecule has 2 N–H and O–H groups in total. The molecule has 0 bridgehead atoms. The minimum absolute atomic E-state index is 0.280. The Bertz CT molecular complexity index is 612. The molecule has 0 heterocycles. The molecule has 1 atom stereocenters. The molecule has 1 aliphatic rings. The monoisotopic (exact) mass is 296 g/mol. The highest BCUT2D eigenvalue weighted by Crippen LogP contribution is 2.46. The molecule has 2 nitrogen and oxygen atoms in total. The molecule has 3 rings (SSSR count). The Morgan fingerprint density at radius 3 is 2.05 bits per heavy atom. The van der Waals surface area contributed by atoms with Crippen LogP contribution in [0.1, 0.15) is 44.2 Å². The predicted molar refractivity (Wildman–Crippen MR) is 92.2 cm³/mol. The van der Waals surface area contributed by atoms with E-state index in [1.807, 2.05) is 12.1 Å². The predicted octanol–water partition coefficient (Wildman–Crippen LogP) is 4.82. The van der Waals surface area contributed by atoms with Crippen molar-refractivity contribution in [1.82, 2.24) is 0 Å². The standard InChI is InChI=1S/C12H16O.C6H6O.C2H2/c1-8-7-12(2,3)11-5-4-9(13)6-10(8)11;7-6-4-2-1-3-5-6;1-2/h4-6,8,13H,7H2,1-3H3;1-5,7H;1-2H. The van der Waals surface area contributed by atoms with Crippen LogP contribution in [0.3, 0.4) is 0 Å². The van der Waals surface area contributed by atoms with Gasteiger partial charge < -0.3 is 10.2 Å². The van der Waals surface area contributed by atoms with Crippen LogP contribution in [-0.4, -0.2) is 10.2 Å². The van der Waals surface area contributed by atoms with Gasteiger partial charge >= 0.3 is 0 Å². The minimum Gasteiger partial charge on any atom is -0.508 e. The van der Waals surface area contributed by atoms with Gasteiger partial charge in [-0.1, -0.05) is 45.0 Å². The number of phenolic OH excluding ortho intramolecular Hbond substituents is 2. The molecule has 2 heteroatoms. The van der Waals surface area contributed by atoms with Crippen LogP contribution in [0.15, 0.2) is 48.5 Å². The third kappa shape index (κ3) is 4.30. The van der Waals surface area contributed by atoms with E-state index < -0.39 is 0 Å². The average molecular weight is 296 g/mol. The largest absolute Gasteiger partial charge is 0.508 e. The maximum atomic E-state index is 9.38. The third-order valence-electron chi connectivity index (χ3n) is 3.87. The Morgan fingerprint density at radius 1 is 0.955 bits per heavy atom. The lowest BCUT2D eigenvalue weighted by molar-refractivity contribution is 0.474. The van der Waals surface area contributed by atoms with Crippen LogP contribution in [0.25, 0.3) is 0 Å². The van der Waals surface area contributed by atoms with Crippen LogP contribution in [-0.2, 0) is 5.41 Å². The molecule has 1 aliphatic carbocycles. The van der Waals surface area contributed by atoms with E-state index in [9.17, 15) is 5.11 Å². The maximum Gasteiger partial charge on any atom is 0.115 e. The van der Waals surface area contributed by atoms with Gasteiger partial charge in [0.2, 0.25) is 0 Å². The van der Waals surface area contributed by atoms with Gasteiger partial charge in [-0.05, 0) is 53.1 Å². The third-order valence-corrected chi connectivity index (χ3v) is 3.87. The second-order valence-electron chi connectivity index (χ2n) is 6.10. The Labute approximate surface area is 133 Å². The first-order chi connectivity index (χ1) is 10.4. The van der Waals surface area contributed by atoms with Crippen molar-refractivity contribution in [2.75, 3.05) is 0 Å². The summed E-state index contributed by atoms with van der Waals surface area (Å²) in [7, 11) is 0. The summed E-state index contributed by atoms with van der Waals surface area (Å²) in [4.78, 5) is 0. The van der Waals surface area contributed by atoms with Crippen molar-refractivity contribution in [2.45, 2.75) is 38.5 Å². The fraction of sp³-hybridized carbons (Fsp3) is 0.300. The molecular weight excluding hydrogens is 272 g/mol. The van der Waals surface area contributed by atoms with Gasteiger partial charge in [-0.15, -0.1) is 12.8 Å². The zero-order valence-electron chi connectivity index (χ0n) is 13.5. The van der Waals surface area contributed by atoms with Crippen LogP contribution in [0.4, 0.5) is 0 Å². The lowest BCUT2D eigenvalue weighted by atomic mass is 9.86. The molecule has 2 aromatic carbocycles. The number of rotatable bonds is 0. The van der Waals surface area contributed by atoms with Crippen molar-refractivity contribution in [2.24, 2.45) is 0 Å². The smallest absolute Gasteiger partial charge is 0.115 e. The van der Waals surface area contributed by atoms with E-state index in [4.69, 9.17) is 5.11 Å². The molecule has 2 aromatic rings. The average Bonchev–Trinajstić information content (AvgIpc) is 2.72. The van der Waals surface area contributed by atoms with Gasteiger partial charge in [-0.2, -0.15) is 0 Å². The summed E-state index contributed by atoms with van der Waals surface area (Å²) in [6.45, 7) is 6.77. The summed E-state index contributed by atoms with van der Waals surface area (Å²) in [5.74, 6) is 1.29.